The normalized spacial score (nSPS) is 20.2. The average molecular weight is 966 g/mol. The molecule has 2 N–H and O–H groups in total. The van der Waals surface area contributed by atoms with Crippen LogP contribution in [0.4, 0.5) is 15.3 Å². The maximum atomic E-state index is 13.6. The van der Waals surface area contributed by atoms with Crippen LogP contribution >= 0.6 is 0 Å². The Balaban J connectivity index is 1.06. The molecule has 1 aliphatic carbocycles. The summed E-state index contributed by atoms with van der Waals surface area (Å²) < 4.78 is 50.9. The molecule has 0 bridgehead atoms. The van der Waals surface area contributed by atoms with Crippen LogP contribution in [0.5, 0.6) is 5.75 Å². The zero-order chi connectivity index (χ0) is 49.7. The number of nitrogens with zero attached hydrogens (tertiary/aromatic N) is 1. The van der Waals surface area contributed by atoms with Gasteiger partial charge in [-0.1, -0.05) is 84.9 Å². The highest BCUT2D eigenvalue weighted by atomic mass is 16.7. The first kappa shape index (κ1) is 50.4. The average Bonchev–Trinajstić information content (AvgIpc) is 3.94. The molecule has 1 unspecified atom stereocenters. The molecule has 0 radical (unpaired) electrons. The number of hydrogen-bond acceptors (Lipinski definition) is 16. The van der Waals surface area contributed by atoms with Crippen molar-refractivity contribution in [2.24, 2.45) is 0 Å². The molecule has 370 valence electrons. The number of hydrogen-bond donors (Lipinski definition) is 2. The Labute approximate surface area is 403 Å². The molecular weight excluding hydrogens is 911 g/mol. The van der Waals surface area contributed by atoms with Crippen LogP contribution in [-0.2, 0) is 74.9 Å². The summed E-state index contributed by atoms with van der Waals surface area (Å²) in [5, 5.41) is 5.36. The molecule has 6 atom stereocenters. The van der Waals surface area contributed by atoms with Gasteiger partial charge in [0.2, 0.25) is 18.3 Å². The highest BCUT2D eigenvalue weighted by molar-refractivity contribution is 5.92. The Morgan fingerprint density at radius 2 is 1.37 bits per heavy atom. The number of rotatable bonds is 18. The first-order valence-electron chi connectivity index (χ1n) is 22.8. The van der Waals surface area contributed by atoms with Crippen LogP contribution < -0.4 is 15.4 Å². The number of nitrogens with one attached hydrogen (secondary N) is 2. The van der Waals surface area contributed by atoms with Crippen molar-refractivity contribution < 1.29 is 76.2 Å². The van der Waals surface area contributed by atoms with Crippen molar-refractivity contribution in [1.82, 2.24) is 10.2 Å². The van der Waals surface area contributed by atoms with E-state index in [1.54, 1.807) is 0 Å². The third-order valence-corrected chi connectivity index (χ3v) is 11.7. The molecule has 2 aliphatic heterocycles. The van der Waals surface area contributed by atoms with Crippen molar-refractivity contribution in [3.63, 3.8) is 0 Å². The summed E-state index contributed by atoms with van der Waals surface area (Å²) in [6.07, 6.45) is -8.51. The van der Waals surface area contributed by atoms with E-state index in [0.29, 0.717) is 31.6 Å². The Morgan fingerprint density at radius 3 is 2.04 bits per heavy atom. The van der Waals surface area contributed by atoms with Crippen LogP contribution in [0.3, 0.4) is 0 Å². The Hall–Kier alpha value is -7.51. The molecule has 4 aromatic carbocycles. The SMILES string of the molecule is COC(=O)[C@H]1O[C@@H](Oc2ccc(COC(=O)N3CCCC3OCCc3ccccc3)cc2NC(=O)CCNC(=O)OCC2c3ccccc3-c3ccccc32)[C@H](OC(C)=O)[C@@H](OC(C)=O)[C@@H]1OC(C)=O. The van der Waals surface area contributed by atoms with E-state index < -0.39 is 78.9 Å². The molecular formula is C51H55N3O16. The second-order valence-electron chi connectivity index (χ2n) is 16.6. The minimum Gasteiger partial charge on any atom is -0.467 e. The van der Waals surface area contributed by atoms with Gasteiger partial charge < -0.3 is 53.3 Å². The predicted molar refractivity (Wildman–Crippen MR) is 247 cm³/mol. The molecule has 7 rings (SSSR count). The predicted octanol–water partition coefficient (Wildman–Crippen LogP) is 5.94. The number of esters is 4. The number of alkyl carbamates (subject to hydrolysis) is 1. The number of ether oxygens (including phenoxy) is 9. The van der Waals surface area contributed by atoms with Crippen molar-refractivity contribution in [2.75, 3.05) is 38.7 Å². The number of benzene rings is 4. The summed E-state index contributed by atoms with van der Waals surface area (Å²) >= 11 is 0. The fourth-order valence-corrected chi connectivity index (χ4v) is 8.61. The van der Waals surface area contributed by atoms with Crippen LogP contribution in [0.2, 0.25) is 0 Å². The number of likely N-dealkylation sites (tertiary alicyclic amines) is 1. The van der Waals surface area contributed by atoms with Crippen molar-refractivity contribution in [3.8, 4) is 16.9 Å². The van der Waals surface area contributed by atoms with Crippen LogP contribution in [0.1, 0.15) is 68.2 Å². The van der Waals surface area contributed by atoms with Gasteiger partial charge in [0.15, 0.2) is 18.3 Å². The molecule has 0 aromatic heterocycles. The number of amides is 3. The lowest BCUT2D eigenvalue weighted by molar-refractivity contribution is -0.282. The second-order valence-corrected chi connectivity index (χ2v) is 16.6. The quantitative estimate of drug-likeness (QED) is 0.0868. The van der Waals surface area contributed by atoms with Crippen LogP contribution in [-0.4, -0.2) is 117 Å². The number of carbonyl (C=O) groups excluding carboxylic acids is 7. The Bertz CT molecular complexity index is 2490. The maximum Gasteiger partial charge on any atom is 0.412 e. The maximum absolute atomic E-state index is 13.6. The smallest absolute Gasteiger partial charge is 0.412 e. The number of anilines is 1. The van der Waals surface area contributed by atoms with E-state index in [9.17, 15) is 33.6 Å². The second kappa shape index (κ2) is 23.7. The van der Waals surface area contributed by atoms with E-state index in [-0.39, 0.29) is 43.5 Å². The van der Waals surface area contributed by atoms with Crippen molar-refractivity contribution >= 4 is 47.7 Å². The van der Waals surface area contributed by atoms with Gasteiger partial charge in [0.05, 0.1) is 19.4 Å². The minimum atomic E-state index is -1.76. The van der Waals surface area contributed by atoms with Crippen LogP contribution in [0, 0.1) is 0 Å². The molecule has 4 aromatic rings. The summed E-state index contributed by atoms with van der Waals surface area (Å²) in [7, 11) is 1.05. The molecule has 2 fully saturated rings. The first-order valence-corrected chi connectivity index (χ1v) is 22.8. The highest BCUT2D eigenvalue weighted by Crippen LogP contribution is 2.44. The van der Waals surface area contributed by atoms with Crippen LogP contribution in [0.25, 0.3) is 11.1 Å². The molecule has 3 aliphatic rings. The molecule has 19 nitrogen and oxygen atoms in total. The molecule has 0 spiro atoms. The summed E-state index contributed by atoms with van der Waals surface area (Å²) in [6.45, 7) is 3.68. The highest BCUT2D eigenvalue weighted by Gasteiger charge is 2.56. The molecule has 19 heteroatoms. The lowest BCUT2D eigenvalue weighted by Crippen LogP contribution is -2.64. The Kier molecular flexibility index (Phi) is 17.0. The summed E-state index contributed by atoms with van der Waals surface area (Å²) in [4.78, 5) is 91.7. The fraction of sp³-hybridized carbons (Fsp3) is 0.392. The zero-order valence-electron chi connectivity index (χ0n) is 39.1. The molecule has 3 amide bonds. The molecule has 2 heterocycles. The van der Waals surface area contributed by atoms with E-state index in [0.717, 1.165) is 62.1 Å². The Morgan fingerprint density at radius 1 is 0.729 bits per heavy atom. The van der Waals surface area contributed by atoms with E-state index >= 15 is 0 Å². The summed E-state index contributed by atoms with van der Waals surface area (Å²) in [5.74, 6) is -4.59. The standard InChI is InChI=1S/C51H55N3O16/c1-30(55)66-44-45(67-31(2)56)47(68-32(3)57)49(70-46(44)48(59)62-4)69-41-21-20-34(28-65-51(61)54-25-12-19-43(54)63-26-23-33-13-6-5-7-14-33)27-40(41)53-42(58)22-24-52-50(60)64-29-39-37-17-10-8-15-35(37)36-16-9-11-18-38(36)39/h5-11,13-18,20-21,27,39,43-47,49H,12,19,22-26,28-29H2,1-4H3,(H,52,60)(H,53,58)/t43?,44-,45-,46-,47+,49+/m0/s1. The third-order valence-electron chi connectivity index (χ3n) is 11.7. The van der Waals surface area contributed by atoms with Crippen LogP contribution in [0.15, 0.2) is 97.1 Å². The number of methoxy groups -OCH3 is 1. The molecule has 2 saturated heterocycles. The van der Waals surface area contributed by atoms with Gasteiger partial charge in [0, 0.05) is 46.2 Å². The molecule has 0 saturated carbocycles. The topological polar surface area (TPSA) is 230 Å². The van der Waals surface area contributed by atoms with Gasteiger partial charge in [-0.25, -0.2) is 14.4 Å². The largest absolute Gasteiger partial charge is 0.467 e. The van der Waals surface area contributed by atoms with Gasteiger partial charge in [0.1, 0.15) is 25.2 Å². The minimum absolute atomic E-state index is 0.00563. The van der Waals surface area contributed by atoms with Gasteiger partial charge in [0.25, 0.3) is 0 Å². The van der Waals surface area contributed by atoms with Gasteiger partial charge in [-0.3, -0.25) is 24.1 Å². The van der Waals surface area contributed by atoms with Gasteiger partial charge in [-0.15, -0.1) is 0 Å². The van der Waals surface area contributed by atoms with Gasteiger partial charge in [-0.05, 0) is 64.8 Å². The number of carbonyl (C=O) groups is 7. The summed E-state index contributed by atoms with van der Waals surface area (Å²) in [6, 6.07) is 30.1. The fourth-order valence-electron chi connectivity index (χ4n) is 8.61. The third kappa shape index (κ3) is 12.8. The van der Waals surface area contributed by atoms with E-state index in [4.69, 9.17) is 42.6 Å². The van der Waals surface area contributed by atoms with Crippen molar-refractivity contribution in [1.29, 1.82) is 0 Å². The van der Waals surface area contributed by atoms with E-state index in [1.165, 1.54) is 23.1 Å². The van der Waals surface area contributed by atoms with Gasteiger partial charge >= 0.3 is 36.1 Å². The van der Waals surface area contributed by atoms with Gasteiger partial charge in [-0.2, -0.15) is 0 Å². The molecule has 70 heavy (non-hydrogen) atoms. The van der Waals surface area contributed by atoms with Crippen molar-refractivity contribution in [2.45, 2.75) is 95.9 Å². The van der Waals surface area contributed by atoms with E-state index in [2.05, 4.69) is 10.6 Å². The lowest BCUT2D eigenvalue weighted by Gasteiger charge is -2.43. The monoisotopic (exact) mass is 965 g/mol. The lowest BCUT2D eigenvalue weighted by atomic mass is 9.97. The summed E-state index contributed by atoms with van der Waals surface area (Å²) in [5.41, 5.74) is 5.73. The zero-order valence-corrected chi connectivity index (χ0v) is 39.1. The van der Waals surface area contributed by atoms with E-state index in [1.807, 2.05) is 78.9 Å². The van der Waals surface area contributed by atoms with Crippen molar-refractivity contribution in [3.05, 3.63) is 119 Å². The first-order chi connectivity index (χ1) is 33.8. The number of fused-ring (bicyclic) bond motifs is 3.